The van der Waals surface area contributed by atoms with Crippen LogP contribution in [0.25, 0.3) is 0 Å². The van der Waals surface area contributed by atoms with Crippen LogP contribution in [0.4, 0.5) is 11.4 Å². The minimum Gasteiger partial charge on any atom is -0.494 e. The SMILES string of the molecule is CCOC(=O)c1cc(N)c(NC(C)c2ccc(Br)cc2)c(OC)c1. The van der Waals surface area contributed by atoms with E-state index in [2.05, 4.69) is 21.2 Å². The van der Waals surface area contributed by atoms with Crippen molar-refractivity contribution >= 4 is 33.3 Å². The Morgan fingerprint density at radius 2 is 1.96 bits per heavy atom. The second-order valence-electron chi connectivity index (χ2n) is 5.28. The Balaban J connectivity index is 2.29. The van der Waals surface area contributed by atoms with Crippen LogP contribution in [-0.4, -0.2) is 19.7 Å². The first-order valence-electron chi connectivity index (χ1n) is 7.62. The van der Waals surface area contributed by atoms with Crippen LogP contribution in [0.15, 0.2) is 40.9 Å². The third kappa shape index (κ3) is 4.20. The standard InChI is InChI=1S/C18H21BrN2O3/c1-4-24-18(22)13-9-15(20)17(16(10-13)23-3)21-11(2)12-5-7-14(19)8-6-12/h5-11,21H,4,20H2,1-3H3. The van der Waals surface area contributed by atoms with Gasteiger partial charge in [-0.3, -0.25) is 0 Å². The first kappa shape index (κ1) is 18.1. The Kier molecular flexibility index (Phi) is 6.09. The number of hydrogen-bond donors (Lipinski definition) is 2. The minimum absolute atomic E-state index is 0.0164. The summed E-state index contributed by atoms with van der Waals surface area (Å²) in [5.74, 6) is 0.0806. The molecule has 0 heterocycles. The molecule has 2 aromatic carbocycles. The lowest BCUT2D eigenvalue weighted by molar-refractivity contribution is 0.0526. The van der Waals surface area contributed by atoms with E-state index in [1.807, 2.05) is 31.2 Å². The zero-order valence-electron chi connectivity index (χ0n) is 13.9. The largest absolute Gasteiger partial charge is 0.494 e. The number of carbonyl (C=O) groups is 1. The van der Waals surface area contributed by atoms with E-state index in [-0.39, 0.29) is 6.04 Å². The van der Waals surface area contributed by atoms with Crippen LogP contribution in [0, 0.1) is 0 Å². The van der Waals surface area contributed by atoms with Crippen LogP contribution in [0.2, 0.25) is 0 Å². The van der Waals surface area contributed by atoms with E-state index in [0.717, 1.165) is 10.0 Å². The zero-order chi connectivity index (χ0) is 17.7. The van der Waals surface area contributed by atoms with E-state index < -0.39 is 5.97 Å². The molecule has 0 aliphatic carbocycles. The lowest BCUT2D eigenvalue weighted by Gasteiger charge is -2.20. The summed E-state index contributed by atoms with van der Waals surface area (Å²) in [5, 5.41) is 3.35. The van der Waals surface area contributed by atoms with Gasteiger partial charge in [-0.2, -0.15) is 0 Å². The molecule has 24 heavy (non-hydrogen) atoms. The number of carbonyl (C=O) groups excluding carboxylic acids is 1. The van der Waals surface area contributed by atoms with Crippen LogP contribution in [0.5, 0.6) is 5.75 Å². The average Bonchev–Trinajstić information content (AvgIpc) is 2.57. The second-order valence-corrected chi connectivity index (χ2v) is 6.20. The van der Waals surface area contributed by atoms with Crippen LogP contribution >= 0.6 is 15.9 Å². The van der Waals surface area contributed by atoms with Gasteiger partial charge in [0.2, 0.25) is 0 Å². The molecule has 0 radical (unpaired) electrons. The van der Waals surface area contributed by atoms with E-state index in [9.17, 15) is 4.79 Å². The minimum atomic E-state index is -0.421. The molecule has 0 fully saturated rings. The number of anilines is 2. The summed E-state index contributed by atoms with van der Waals surface area (Å²) in [5.41, 5.74) is 8.68. The topological polar surface area (TPSA) is 73.6 Å². The zero-order valence-corrected chi connectivity index (χ0v) is 15.5. The number of rotatable bonds is 6. The molecule has 0 aliphatic rings. The second kappa shape index (κ2) is 8.06. The van der Waals surface area contributed by atoms with Crippen molar-refractivity contribution < 1.29 is 14.3 Å². The normalized spacial score (nSPS) is 11.7. The van der Waals surface area contributed by atoms with E-state index in [0.29, 0.717) is 29.3 Å². The molecule has 0 aliphatic heterocycles. The van der Waals surface area contributed by atoms with Crippen molar-refractivity contribution in [1.82, 2.24) is 0 Å². The highest BCUT2D eigenvalue weighted by atomic mass is 79.9. The average molecular weight is 393 g/mol. The highest BCUT2D eigenvalue weighted by molar-refractivity contribution is 9.10. The van der Waals surface area contributed by atoms with Crippen LogP contribution in [0.1, 0.15) is 35.8 Å². The van der Waals surface area contributed by atoms with Gasteiger partial charge in [0.25, 0.3) is 0 Å². The Hall–Kier alpha value is -2.21. The molecule has 5 nitrogen and oxygen atoms in total. The van der Waals surface area contributed by atoms with Crippen molar-refractivity contribution in [3.05, 3.63) is 52.0 Å². The van der Waals surface area contributed by atoms with Gasteiger partial charge in [0.15, 0.2) is 0 Å². The fourth-order valence-corrected chi connectivity index (χ4v) is 2.60. The lowest BCUT2D eigenvalue weighted by Crippen LogP contribution is -2.12. The fraction of sp³-hybridized carbons (Fsp3) is 0.278. The lowest BCUT2D eigenvalue weighted by atomic mass is 10.1. The van der Waals surface area contributed by atoms with Gasteiger partial charge >= 0.3 is 5.97 Å². The van der Waals surface area contributed by atoms with Crippen LogP contribution < -0.4 is 15.8 Å². The highest BCUT2D eigenvalue weighted by Gasteiger charge is 2.17. The smallest absolute Gasteiger partial charge is 0.338 e. The molecule has 2 aromatic rings. The van der Waals surface area contributed by atoms with E-state index >= 15 is 0 Å². The van der Waals surface area contributed by atoms with Gasteiger partial charge in [-0.25, -0.2) is 4.79 Å². The number of nitrogens with two attached hydrogens (primary N) is 1. The first-order valence-corrected chi connectivity index (χ1v) is 8.42. The molecule has 0 saturated carbocycles. The molecule has 0 spiro atoms. The molecule has 3 N–H and O–H groups in total. The third-order valence-electron chi connectivity index (χ3n) is 3.59. The molecular formula is C18H21BrN2O3. The van der Waals surface area contributed by atoms with Gasteiger partial charge in [0, 0.05) is 10.5 Å². The highest BCUT2D eigenvalue weighted by Crippen LogP contribution is 2.35. The van der Waals surface area contributed by atoms with Crippen molar-refractivity contribution in [3.63, 3.8) is 0 Å². The van der Waals surface area contributed by atoms with Crippen molar-refractivity contribution in [1.29, 1.82) is 0 Å². The molecule has 0 bridgehead atoms. The predicted octanol–water partition coefficient (Wildman–Crippen LogP) is 4.39. The van der Waals surface area contributed by atoms with E-state index in [1.165, 1.54) is 0 Å². The van der Waals surface area contributed by atoms with Crippen LogP contribution in [0.3, 0.4) is 0 Å². The summed E-state index contributed by atoms with van der Waals surface area (Å²) >= 11 is 3.43. The number of benzene rings is 2. The monoisotopic (exact) mass is 392 g/mol. The van der Waals surface area contributed by atoms with Crippen molar-refractivity contribution in [2.24, 2.45) is 0 Å². The van der Waals surface area contributed by atoms with Crippen molar-refractivity contribution in [3.8, 4) is 5.75 Å². The van der Waals surface area contributed by atoms with Gasteiger partial charge in [0.1, 0.15) is 11.4 Å². The molecule has 2 rings (SSSR count). The Labute approximate surface area is 150 Å². The predicted molar refractivity (Wildman–Crippen MR) is 99.5 cm³/mol. The first-order chi connectivity index (χ1) is 11.5. The summed E-state index contributed by atoms with van der Waals surface area (Å²) in [6, 6.07) is 11.3. The molecular weight excluding hydrogens is 372 g/mol. The number of esters is 1. The maximum Gasteiger partial charge on any atom is 0.338 e. The molecule has 1 atom stereocenters. The van der Waals surface area contributed by atoms with Crippen LogP contribution in [-0.2, 0) is 4.74 Å². The number of methoxy groups -OCH3 is 1. The molecule has 6 heteroatoms. The third-order valence-corrected chi connectivity index (χ3v) is 4.12. The van der Waals surface area contributed by atoms with E-state index in [4.69, 9.17) is 15.2 Å². The quantitative estimate of drug-likeness (QED) is 0.563. The van der Waals surface area contributed by atoms with Gasteiger partial charge in [0.05, 0.1) is 25.0 Å². The van der Waals surface area contributed by atoms with Gasteiger partial charge in [-0.05, 0) is 43.7 Å². The Morgan fingerprint density at radius 3 is 2.54 bits per heavy atom. The molecule has 0 amide bonds. The molecule has 128 valence electrons. The van der Waals surface area contributed by atoms with Gasteiger partial charge in [-0.1, -0.05) is 28.1 Å². The van der Waals surface area contributed by atoms with E-state index in [1.54, 1.807) is 26.2 Å². The van der Waals surface area contributed by atoms with Gasteiger partial charge in [-0.15, -0.1) is 0 Å². The summed E-state index contributed by atoms with van der Waals surface area (Å²) < 4.78 is 11.4. The van der Waals surface area contributed by atoms with Gasteiger partial charge < -0.3 is 20.5 Å². The number of ether oxygens (including phenoxy) is 2. The number of hydrogen-bond acceptors (Lipinski definition) is 5. The summed E-state index contributed by atoms with van der Waals surface area (Å²) in [6.45, 7) is 4.09. The summed E-state index contributed by atoms with van der Waals surface area (Å²) in [4.78, 5) is 11.9. The summed E-state index contributed by atoms with van der Waals surface area (Å²) in [6.07, 6.45) is 0. The molecule has 0 saturated heterocycles. The maximum atomic E-state index is 11.9. The number of halogens is 1. The van der Waals surface area contributed by atoms with Crippen molar-refractivity contribution in [2.75, 3.05) is 24.8 Å². The molecule has 1 unspecified atom stereocenters. The molecule has 0 aromatic heterocycles. The van der Waals surface area contributed by atoms with Crippen molar-refractivity contribution in [2.45, 2.75) is 19.9 Å². The Morgan fingerprint density at radius 1 is 1.29 bits per heavy atom. The summed E-state index contributed by atoms with van der Waals surface area (Å²) in [7, 11) is 1.54. The Bertz CT molecular complexity index is 717. The maximum absolute atomic E-state index is 11.9. The fourth-order valence-electron chi connectivity index (χ4n) is 2.34. The number of nitrogens with one attached hydrogen (secondary N) is 1. The number of nitrogen functional groups attached to an aromatic ring is 1.